The van der Waals surface area contributed by atoms with Crippen LogP contribution in [-0.4, -0.2) is 44.6 Å². The third kappa shape index (κ3) is 7.11. The number of anilines is 1. The number of alkyl halides is 3. The van der Waals surface area contributed by atoms with Gasteiger partial charge in [-0.05, 0) is 62.2 Å². The monoisotopic (exact) mass is 531 g/mol. The van der Waals surface area contributed by atoms with E-state index in [9.17, 15) is 26.4 Å². The first-order chi connectivity index (χ1) is 16.4. The molecule has 0 bridgehead atoms. The van der Waals surface area contributed by atoms with Crippen molar-refractivity contribution in [2.75, 3.05) is 23.7 Å². The number of nitrogens with zero attached hydrogens (tertiary/aromatic N) is 2. The normalized spacial score (nSPS) is 16.1. The number of nitrogens with one attached hydrogen (secondary N) is 1. The lowest BCUT2D eigenvalue weighted by Gasteiger charge is -2.29. The van der Waals surface area contributed by atoms with Crippen LogP contribution >= 0.6 is 11.6 Å². The Hall–Kier alpha value is -2.30. The van der Waals surface area contributed by atoms with Crippen LogP contribution in [0.2, 0.25) is 5.02 Å². The van der Waals surface area contributed by atoms with Crippen molar-refractivity contribution in [1.82, 2.24) is 10.2 Å². The number of halogens is 4. The second-order valence-electron chi connectivity index (χ2n) is 8.72. The van der Waals surface area contributed by atoms with E-state index in [0.29, 0.717) is 10.4 Å². The Morgan fingerprint density at radius 1 is 1.11 bits per heavy atom. The van der Waals surface area contributed by atoms with E-state index < -0.39 is 38.7 Å². The Morgan fingerprint density at radius 2 is 1.74 bits per heavy atom. The van der Waals surface area contributed by atoms with E-state index in [1.165, 1.54) is 13.3 Å². The predicted molar refractivity (Wildman–Crippen MR) is 131 cm³/mol. The Balaban J connectivity index is 1.78. The number of amides is 1. The molecule has 2 aromatic carbocycles. The van der Waals surface area contributed by atoms with Gasteiger partial charge in [0.15, 0.2) is 0 Å². The lowest BCUT2D eigenvalue weighted by Crippen LogP contribution is -2.47. The molecule has 11 heteroatoms. The van der Waals surface area contributed by atoms with Crippen LogP contribution in [0.4, 0.5) is 18.9 Å². The Morgan fingerprint density at radius 3 is 2.34 bits per heavy atom. The van der Waals surface area contributed by atoms with Crippen LogP contribution in [0.15, 0.2) is 42.5 Å². The van der Waals surface area contributed by atoms with E-state index >= 15 is 0 Å². The maximum absolute atomic E-state index is 13.3. The summed E-state index contributed by atoms with van der Waals surface area (Å²) in [6.45, 7) is 4.28. The molecule has 1 N–H and O–H groups in total. The van der Waals surface area contributed by atoms with Crippen LogP contribution in [0.1, 0.15) is 42.9 Å². The van der Waals surface area contributed by atoms with Gasteiger partial charge in [0.1, 0.15) is 6.04 Å². The van der Waals surface area contributed by atoms with E-state index in [2.05, 4.69) is 10.2 Å². The highest BCUT2D eigenvalue weighted by molar-refractivity contribution is 7.92. The van der Waals surface area contributed by atoms with E-state index in [0.717, 1.165) is 62.0 Å². The number of rotatable bonds is 8. The van der Waals surface area contributed by atoms with Gasteiger partial charge in [0.2, 0.25) is 15.9 Å². The van der Waals surface area contributed by atoms with Crippen LogP contribution in [0.3, 0.4) is 0 Å². The third-order valence-electron chi connectivity index (χ3n) is 6.01. The Labute approximate surface area is 209 Å². The van der Waals surface area contributed by atoms with Gasteiger partial charge in [-0.2, -0.15) is 13.2 Å². The molecule has 0 spiro atoms. The fraction of sp³-hybridized carbons (Fsp3) is 0.458. The van der Waals surface area contributed by atoms with Gasteiger partial charge < -0.3 is 5.32 Å². The summed E-state index contributed by atoms with van der Waals surface area (Å²) in [5.74, 6) is -0.633. The molecule has 0 unspecified atom stereocenters. The summed E-state index contributed by atoms with van der Waals surface area (Å²) < 4.78 is 65.7. The zero-order valence-electron chi connectivity index (χ0n) is 19.6. The molecule has 1 aliphatic rings. The zero-order valence-corrected chi connectivity index (χ0v) is 21.2. The van der Waals surface area contributed by atoms with Gasteiger partial charge in [0.05, 0.1) is 22.5 Å². The molecule has 1 amide bonds. The first-order valence-corrected chi connectivity index (χ1v) is 13.5. The second-order valence-corrected chi connectivity index (χ2v) is 11.0. The molecule has 1 aliphatic heterocycles. The number of benzene rings is 2. The molecule has 1 heterocycles. The lowest BCUT2D eigenvalue weighted by molar-refractivity contribution is -0.137. The van der Waals surface area contributed by atoms with E-state index in [-0.39, 0.29) is 12.2 Å². The first-order valence-electron chi connectivity index (χ1n) is 11.3. The number of sulfonamides is 1. The van der Waals surface area contributed by atoms with Crippen molar-refractivity contribution in [3.05, 3.63) is 64.2 Å². The molecule has 3 rings (SSSR count). The fourth-order valence-corrected chi connectivity index (χ4v) is 5.64. The minimum Gasteiger partial charge on any atom is -0.350 e. The summed E-state index contributed by atoms with van der Waals surface area (Å²) in [7, 11) is -4.09. The van der Waals surface area contributed by atoms with Crippen LogP contribution in [0.5, 0.6) is 0 Å². The van der Waals surface area contributed by atoms with Gasteiger partial charge in [0.25, 0.3) is 0 Å². The molecule has 1 atom stereocenters. The average Bonchev–Trinajstić information content (AvgIpc) is 2.78. The maximum atomic E-state index is 13.3. The highest BCUT2D eigenvalue weighted by Crippen LogP contribution is 2.37. The molecule has 1 fully saturated rings. The zero-order chi connectivity index (χ0) is 25.8. The Kier molecular flexibility index (Phi) is 8.72. The van der Waals surface area contributed by atoms with Crippen molar-refractivity contribution in [1.29, 1.82) is 0 Å². The number of piperidine rings is 1. The molecule has 0 saturated carbocycles. The average molecular weight is 532 g/mol. The molecule has 2 aromatic rings. The smallest absolute Gasteiger partial charge is 0.350 e. The molecule has 192 valence electrons. The predicted octanol–water partition coefficient (Wildman–Crippen LogP) is 4.82. The lowest BCUT2D eigenvalue weighted by atomic mass is 10.0. The van der Waals surface area contributed by atoms with Crippen LogP contribution < -0.4 is 9.62 Å². The summed E-state index contributed by atoms with van der Waals surface area (Å²) >= 11 is 5.67. The molecule has 0 aliphatic carbocycles. The van der Waals surface area contributed by atoms with Crippen molar-refractivity contribution >= 4 is 33.2 Å². The van der Waals surface area contributed by atoms with Gasteiger partial charge in [0, 0.05) is 13.1 Å². The van der Waals surface area contributed by atoms with Crippen molar-refractivity contribution in [3.63, 3.8) is 0 Å². The van der Waals surface area contributed by atoms with Crippen molar-refractivity contribution < 1.29 is 26.4 Å². The summed E-state index contributed by atoms with van der Waals surface area (Å²) in [4.78, 5) is 15.3. The Bertz CT molecular complexity index is 1150. The van der Waals surface area contributed by atoms with E-state index in [1.54, 1.807) is 0 Å². The van der Waals surface area contributed by atoms with Gasteiger partial charge in [-0.3, -0.25) is 14.0 Å². The number of carbonyl (C=O) groups is 1. The molecule has 35 heavy (non-hydrogen) atoms. The van der Waals surface area contributed by atoms with Crippen LogP contribution in [0.25, 0.3) is 0 Å². The standard InChI is InChI=1S/C24H29ClF3N3O3S/c1-17(31(35(2,33)34)20-10-11-22(25)21(14-20)24(26,27)28)23(32)29-15-18-8-4-5-9-19(18)16-30-12-6-3-7-13-30/h4-5,8-11,14,17H,3,6-7,12-13,15-16H2,1-2H3,(H,29,32)/t17-/m0/s1. The van der Waals surface area contributed by atoms with Gasteiger partial charge in [-0.15, -0.1) is 0 Å². The molecule has 1 saturated heterocycles. The van der Waals surface area contributed by atoms with Crippen molar-refractivity contribution in [3.8, 4) is 0 Å². The van der Waals surface area contributed by atoms with Crippen molar-refractivity contribution in [2.45, 2.75) is 51.5 Å². The SMILES string of the molecule is C[C@@H](C(=O)NCc1ccccc1CN1CCCCC1)N(c1ccc(Cl)c(C(F)(F)F)c1)S(C)(=O)=O. The van der Waals surface area contributed by atoms with Gasteiger partial charge in [-0.1, -0.05) is 42.3 Å². The molecular formula is C24H29ClF3N3O3S. The van der Waals surface area contributed by atoms with Gasteiger partial charge >= 0.3 is 6.18 Å². The largest absolute Gasteiger partial charge is 0.417 e. The van der Waals surface area contributed by atoms with Gasteiger partial charge in [-0.25, -0.2) is 8.42 Å². The molecular weight excluding hydrogens is 503 g/mol. The number of hydrogen-bond acceptors (Lipinski definition) is 4. The number of carbonyl (C=O) groups excluding carboxylic acids is 1. The van der Waals surface area contributed by atoms with E-state index in [1.807, 2.05) is 24.3 Å². The third-order valence-corrected chi connectivity index (χ3v) is 7.58. The highest BCUT2D eigenvalue weighted by atomic mass is 35.5. The highest BCUT2D eigenvalue weighted by Gasteiger charge is 2.36. The quantitative estimate of drug-likeness (QED) is 0.530. The topological polar surface area (TPSA) is 69.7 Å². The fourth-order valence-electron chi connectivity index (χ4n) is 4.25. The minimum atomic E-state index is -4.78. The van der Waals surface area contributed by atoms with E-state index in [4.69, 9.17) is 11.6 Å². The summed E-state index contributed by atoms with van der Waals surface area (Å²) in [5, 5.41) is 2.18. The van der Waals surface area contributed by atoms with Crippen LogP contribution in [-0.2, 0) is 34.1 Å². The molecule has 6 nitrogen and oxygen atoms in total. The summed E-state index contributed by atoms with van der Waals surface area (Å²) in [5.41, 5.74) is 0.493. The van der Waals surface area contributed by atoms with Crippen molar-refractivity contribution in [2.24, 2.45) is 0 Å². The number of hydrogen-bond donors (Lipinski definition) is 1. The first kappa shape index (κ1) is 27.3. The molecule has 0 aromatic heterocycles. The summed E-state index contributed by atoms with van der Waals surface area (Å²) in [6, 6.07) is 9.15. The maximum Gasteiger partial charge on any atom is 0.417 e. The van der Waals surface area contributed by atoms with Crippen LogP contribution in [0, 0.1) is 0 Å². The minimum absolute atomic E-state index is 0.166. The molecule has 0 radical (unpaired) electrons. The second kappa shape index (κ2) is 11.2. The number of likely N-dealkylation sites (tertiary alicyclic amines) is 1. The summed E-state index contributed by atoms with van der Waals surface area (Å²) in [6.07, 6.45) is -0.412.